The third kappa shape index (κ3) is 6.03. The third-order valence-corrected chi connectivity index (χ3v) is 2.92. The zero-order valence-corrected chi connectivity index (χ0v) is 11.5. The van der Waals surface area contributed by atoms with Gasteiger partial charge in [-0.25, -0.2) is 0 Å². The average molecular weight is 242 g/mol. The number of hydrogen-bond donors (Lipinski definition) is 2. The van der Waals surface area contributed by atoms with E-state index in [9.17, 15) is 4.79 Å². The summed E-state index contributed by atoms with van der Waals surface area (Å²) >= 11 is 0. The van der Waals surface area contributed by atoms with Gasteiger partial charge < -0.3 is 15.4 Å². The lowest BCUT2D eigenvalue weighted by Gasteiger charge is -2.23. The highest BCUT2D eigenvalue weighted by molar-refractivity contribution is 5.80. The lowest BCUT2D eigenvalue weighted by Crippen LogP contribution is -2.45. The average Bonchev–Trinajstić information content (AvgIpc) is 2.67. The molecule has 0 bridgehead atoms. The lowest BCUT2D eigenvalue weighted by molar-refractivity contribution is -0.133. The molecule has 1 heterocycles. The molecule has 0 aromatic heterocycles. The Morgan fingerprint density at radius 1 is 1.53 bits per heavy atom. The van der Waals surface area contributed by atoms with Crippen LogP contribution in [0.15, 0.2) is 0 Å². The maximum atomic E-state index is 11.7. The van der Waals surface area contributed by atoms with Gasteiger partial charge in [-0.05, 0) is 59.5 Å². The Labute approximate surface area is 104 Å². The Kier molecular flexibility index (Phi) is 5.40. The Morgan fingerprint density at radius 3 is 2.76 bits per heavy atom. The Balaban J connectivity index is 2.15. The Hall–Kier alpha value is -0.610. The molecular formula is C13H26N2O2. The number of amides is 1. The molecule has 1 fully saturated rings. The molecule has 4 heteroatoms. The van der Waals surface area contributed by atoms with Crippen molar-refractivity contribution in [2.24, 2.45) is 5.92 Å². The van der Waals surface area contributed by atoms with Crippen LogP contribution in [0, 0.1) is 5.92 Å². The molecule has 0 radical (unpaired) electrons. The van der Waals surface area contributed by atoms with Crippen molar-refractivity contribution in [3.8, 4) is 0 Å². The fourth-order valence-electron chi connectivity index (χ4n) is 1.92. The van der Waals surface area contributed by atoms with Crippen LogP contribution in [-0.2, 0) is 9.53 Å². The monoisotopic (exact) mass is 242 g/mol. The van der Waals surface area contributed by atoms with Crippen LogP contribution in [0.2, 0.25) is 0 Å². The normalized spacial score (nSPS) is 22.5. The van der Waals surface area contributed by atoms with E-state index in [2.05, 4.69) is 10.6 Å². The van der Waals surface area contributed by atoms with Crippen LogP contribution in [0.4, 0.5) is 0 Å². The highest BCUT2D eigenvalue weighted by Gasteiger charge is 2.20. The maximum absolute atomic E-state index is 11.7. The summed E-state index contributed by atoms with van der Waals surface area (Å²) in [5.41, 5.74) is -0.190. The van der Waals surface area contributed by atoms with Crippen LogP contribution in [0.3, 0.4) is 0 Å². The summed E-state index contributed by atoms with van der Waals surface area (Å²) in [5.74, 6) is 0.690. The molecule has 0 aromatic carbocycles. The quantitative estimate of drug-likeness (QED) is 0.764. The Morgan fingerprint density at radius 2 is 2.24 bits per heavy atom. The first-order valence-electron chi connectivity index (χ1n) is 6.53. The maximum Gasteiger partial charge on any atom is 0.249 e. The molecule has 1 aliphatic heterocycles. The number of carbonyl (C=O) groups excluding carboxylic acids is 1. The number of carbonyl (C=O) groups is 1. The van der Waals surface area contributed by atoms with Crippen LogP contribution >= 0.6 is 0 Å². The van der Waals surface area contributed by atoms with Gasteiger partial charge in [-0.2, -0.15) is 0 Å². The van der Waals surface area contributed by atoms with Gasteiger partial charge >= 0.3 is 0 Å². The molecule has 17 heavy (non-hydrogen) atoms. The fraction of sp³-hybridized carbons (Fsp3) is 0.923. The number of rotatable bonds is 5. The number of hydrogen-bond acceptors (Lipinski definition) is 3. The van der Waals surface area contributed by atoms with E-state index in [1.807, 2.05) is 27.7 Å². The van der Waals surface area contributed by atoms with E-state index in [1.54, 1.807) is 0 Å². The molecule has 1 amide bonds. The molecule has 2 unspecified atom stereocenters. The molecule has 0 spiro atoms. The Bertz CT molecular complexity index is 242. The minimum Gasteiger partial charge on any atom is -0.369 e. The first kappa shape index (κ1) is 14.5. The summed E-state index contributed by atoms with van der Waals surface area (Å²) < 4.78 is 5.57. The van der Waals surface area contributed by atoms with Crippen LogP contribution in [0.1, 0.15) is 40.5 Å². The van der Waals surface area contributed by atoms with Gasteiger partial charge in [0.05, 0.1) is 0 Å². The van der Waals surface area contributed by atoms with Gasteiger partial charge in [0, 0.05) is 12.1 Å². The van der Waals surface area contributed by atoms with Crippen molar-refractivity contribution >= 4 is 5.91 Å². The summed E-state index contributed by atoms with van der Waals surface area (Å²) in [6, 6.07) is 0. The van der Waals surface area contributed by atoms with Gasteiger partial charge in [0.2, 0.25) is 5.91 Å². The molecule has 0 aromatic rings. The van der Waals surface area contributed by atoms with E-state index in [1.165, 1.54) is 6.42 Å². The molecule has 100 valence electrons. The minimum atomic E-state index is -0.358. The van der Waals surface area contributed by atoms with Crippen molar-refractivity contribution in [3.63, 3.8) is 0 Å². The number of nitrogens with one attached hydrogen (secondary N) is 2. The van der Waals surface area contributed by atoms with Gasteiger partial charge in [-0.3, -0.25) is 4.79 Å². The molecule has 0 aliphatic carbocycles. The summed E-state index contributed by atoms with van der Waals surface area (Å²) in [7, 11) is 0. The standard InChI is InChI=1S/C13H26N2O2/c1-10(12(16)15-13(2,3)4)17-8-6-11-5-7-14-9-11/h10-11,14H,5-9H2,1-4H3,(H,15,16). The topological polar surface area (TPSA) is 50.4 Å². The third-order valence-electron chi connectivity index (χ3n) is 2.92. The van der Waals surface area contributed by atoms with Crippen LogP contribution in [-0.4, -0.2) is 37.2 Å². The minimum absolute atomic E-state index is 0.0259. The largest absolute Gasteiger partial charge is 0.369 e. The van der Waals surface area contributed by atoms with E-state index in [4.69, 9.17) is 4.74 Å². The summed E-state index contributed by atoms with van der Waals surface area (Å²) in [6.07, 6.45) is 1.91. The molecule has 1 aliphatic rings. The second kappa shape index (κ2) is 6.36. The second-order valence-electron chi connectivity index (χ2n) is 5.90. The first-order chi connectivity index (χ1) is 7.88. The predicted molar refractivity (Wildman–Crippen MR) is 68.9 cm³/mol. The molecular weight excluding hydrogens is 216 g/mol. The SMILES string of the molecule is CC(OCCC1CCNC1)C(=O)NC(C)(C)C. The van der Waals surface area contributed by atoms with E-state index in [0.29, 0.717) is 12.5 Å². The zero-order valence-electron chi connectivity index (χ0n) is 11.5. The highest BCUT2D eigenvalue weighted by Crippen LogP contribution is 2.12. The van der Waals surface area contributed by atoms with Crippen molar-refractivity contribution < 1.29 is 9.53 Å². The summed E-state index contributed by atoms with van der Waals surface area (Å²) in [6.45, 7) is 10.6. The van der Waals surface area contributed by atoms with Crippen molar-refractivity contribution in [1.29, 1.82) is 0 Å². The van der Waals surface area contributed by atoms with Gasteiger partial charge in [0.25, 0.3) is 0 Å². The molecule has 0 saturated carbocycles. The molecule has 1 saturated heterocycles. The second-order valence-corrected chi connectivity index (χ2v) is 5.90. The van der Waals surface area contributed by atoms with Crippen molar-refractivity contribution in [1.82, 2.24) is 10.6 Å². The van der Waals surface area contributed by atoms with Crippen LogP contribution in [0.25, 0.3) is 0 Å². The van der Waals surface area contributed by atoms with Crippen molar-refractivity contribution in [3.05, 3.63) is 0 Å². The van der Waals surface area contributed by atoms with E-state index < -0.39 is 0 Å². The van der Waals surface area contributed by atoms with Crippen LogP contribution in [0.5, 0.6) is 0 Å². The lowest BCUT2D eigenvalue weighted by atomic mass is 10.1. The number of ether oxygens (including phenoxy) is 1. The van der Waals surface area contributed by atoms with Crippen molar-refractivity contribution in [2.75, 3.05) is 19.7 Å². The first-order valence-corrected chi connectivity index (χ1v) is 6.53. The molecule has 2 N–H and O–H groups in total. The fourth-order valence-corrected chi connectivity index (χ4v) is 1.92. The summed E-state index contributed by atoms with van der Waals surface area (Å²) in [5, 5.41) is 6.25. The highest BCUT2D eigenvalue weighted by atomic mass is 16.5. The molecule has 1 rings (SSSR count). The van der Waals surface area contributed by atoms with E-state index in [0.717, 1.165) is 19.5 Å². The predicted octanol–water partition coefficient (Wildman–Crippen LogP) is 1.31. The van der Waals surface area contributed by atoms with Gasteiger partial charge in [-0.15, -0.1) is 0 Å². The van der Waals surface area contributed by atoms with Gasteiger partial charge in [0.1, 0.15) is 6.10 Å². The molecule has 4 nitrogen and oxygen atoms in total. The zero-order chi connectivity index (χ0) is 12.9. The van der Waals surface area contributed by atoms with E-state index in [-0.39, 0.29) is 17.6 Å². The van der Waals surface area contributed by atoms with Gasteiger partial charge in [-0.1, -0.05) is 0 Å². The van der Waals surface area contributed by atoms with Crippen molar-refractivity contribution in [2.45, 2.75) is 52.2 Å². The van der Waals surface area contributed by atoms with Crippen LogP contribution < -0.4 is 10.6 Å². The van der Waals surface area contributed by atoms with Gasteiger partial charge in [0.15, 0.2) is 0 Å². The smallest absolute Gasteiger partial charge is 0.249 e. The summed E-state index contributed by atoms with van der Waals surface area (Å²) in [4.78, 5) is 11.7. The van der Waals surface area contributed by atoms with E-state index >= 15 is 0 Å². The molecule has 2 atom stereocenters.